The fourth-order valence-corrected chi connectivity index (χ4v) is 1.06. The molecule has 1 rings (SSSR count). The summed E-state index contributed by atoms with van der Waals surface area (Å²) < 4.78 is 4.35. The minimum absolute atomic E-state index is 0. The van der Waals surface area contributed by atoms with Gasteiger partial charge in [-0.25, -0.2) is 9.59 Å². The Bertz CT molecular complexity index is 316. The summed E-state index contributed by atoms with van der Waals surface area (Å²) in [5, 5.41) is 35.2. The number of carboxylic acids is 1. The number of rotatable bonds is 3. The third kappa shape index (κ3) is 2.70. The van der Waals surface area contributed by atoms with E-state index in [1.54, 1.807) is 0 Å². The fourth-order valence-electron chi connectivity index (χ4n) is 1.06. The van der Waals surface area contributed by atoms with Crippen LogP contribution in [0.3, 0.4) is 0 Å². The summed E-state index contributed by atoms with van der Waals surface area (Å²) in [6, 6.07) is 0. The standard InChI is InChI=1S/C7H8O7.Na.H/c8-1-2(9)5-3(6(11)12)4(10)7(13)14-5;;/h2,5,8-10H,1H2,(H,11,12);;/q;+1;-1/t2-,5-;;/m0../s1. The van der Waals surface area contributed by atoms with Crippen LogP contribution in [0.5, 0.6) is 0 Å². The number of carbonyl (C=O) groups is 2. The molecule has 1 aliphatic heterocycles. The molecule has 0 aliphatic carbocycles. The zero-order chi connectivity index (χ0) is 10.9. The van der Waals surface area contributed by atoms with Crippen LogP contribution in [0.2, 0.25) is 0 Å². The largest absolute Gasteiger partial charge is 1.00 e. The number of ether oxygens (including phenoxy) is 1. The maximum atomic E-state index is 10.7. The number of aliphatic hydroxyl groups excluding tert-OH is 3. The predicted molar refractivity (Wildman–Crippen MR) is 41.4 cm³/mol. The summed E-state index contributed by atoms with van der Waals surface area (Å²) in [7, 11) is 0. The normalized spacial score (nSPS) is 22.0. The van der Waals surface area contributed by atoms with Crippen LogP contribution in [0, 0.1) is 0 Å². The van der Waals surface area contributed by atoms with Gasteiger partial charge in [-0.15, -0.1) is 0 Å². The van der Waals surface area contributed by atoms with Crippen LogP contribution < -0.4 is 29.6 Å². The van der Waals surface area contributed by atoms with Gasteiger partial charge in [-0.05, 0) is 0 Å². The van der Waals surface area contributed by atoms with Crippen molar-refractivity contribution in [3.63, 3.8) is 0 Å². The van der Waals surface area contributed by atoms with Gasteiger partial charge in [0, 0.05) is 0 Å². The fraction of sp³-hybridized carbons (Fsp3) is 0.429. The van der Waals surface area contributed by atoms with E-state index in [-0.39, 0.29) is 31.0 Å². The number of hydrogen-bond acceptors (Lipinski definition) is 6. The Labute approximate surface area is 108 Å². The van der Waals surface area contributed by atoms with E-state index in [9.17, 15) is 9.59 Å². The van der Waals surface area contributed by atoms with Gasteiger partial charge in [-0.2, -0.15) is 0 Å². The molecule has 0 aromatic heterocycles. The number of hydrogen-bond donors (Lipinski definition) is 4. The Morgan fingerprint density at radius 2 is 2.13 bits per heavy atom. The summed E-state index contributed by atoms with van der Waals surface area (Å²) in [6.45, 7) is -0.776. The van der Waals surface area contributed by atoms with Crippen molar-refractivity contribution in [3.05, 3.63) is 11.3 Å². The SMILES string of the molecule is O=C(O)C1=C(O)C(=O)O[C@H]1[C@@H](O)CO.[H-].[Na+]. The van der Waals surface area contributed by atoms with E-state index in [0.29, 0.717) is 0 Å². The monoisotopic (exact) mass is 228 g/mol. The van der Waals surface area contributed by atoms with Gasteiger partial charge in [0.1, 0.15) is 11.7 Å². The Morgan fingerprint density at radius 3 is 2.53 bits per heavy atom. The molecule has 0 spiro atoms. The van der Waals surface area contributed by atoms with Gasteiger partial charge in [-0.3, -0.25) is 0 Å². The van der Waals surface area contributed by atoms with Crippen LogP contribution in [0.25, 0.3) is 0 Å². The first-order valence-corrected chi connectivity index (χ1v) is 3.65. The summed E-state index contributed by atoms with van der Waals surface area (Å²) in [5.74, 6) is -3.85. The molecule has 0 fully saturated rings. The van der Waals surface area contributed by atoms with E-state index < -0.39 is 42.1 Å². The topological polar surface area (TPSA) is 124 Å². The number of carboxylic acid groups (broad SMARTS) is 1. The summed E-state index contributed by atoms with van der Waals surface area (Å²) in [4.78, 5) is 21.3. The van der Waals surface area contributed by atoms with Crippen molar-refractivity contribution in [1.82, 2.24) is 0 Å². The summed E-state index contributed by atoms with van der Waals surface area (Å²) in [5.41, 5.74) is -0.739. The van der Waals surface area contributed by atoms with E-state index in [1.165, 1.54) is 0 Å². The second-order valence-electron chi connectivity index (χ2n) is 2.64. The van der Waals surface area contributed by atoms with Crippen molar-refractivity contribution in [3.8, 4) is 0 Å². The Kier molecular flexibility index (Phi) is 5.26. The second kappa shape index (κ2) is 5.47. The van der Waals surface area contributed by atoms with Crippen molar-refractivity contribution in [2.45, 2.75) is 12.2 Å². The van der Waals surface area contributed by atoms with Gasteiger partial charge in [0.15, 0.2) is 6.10 Å². The van der Waals surface area contributed by atoms with Crippen LogP contribution >= 0.6 is 0 Å². The molecule has 15 heavy (non-hydrogen) atoms. The summed E-state index contributed by atoms with van der Waals surface area (Å²) >= 11 is 0. The number of cyclic esters (lactones) is 1. The van der Waals surface area contributed by atoms with Crippen LogP contribution in [0.1, 0.15) is 1.43 Å². The first kappa shape index (κ1) is 14.4. The average Bonchev–Trinajstić information content (AvgIpc) is 2.42. The summed E-state index contributed by atoms with van der Waals surface area (Å²) in [6.07, 6.45) is -3.08. The zero-order valence-electron chi connectivity index (χ0n) is 8.88. The molecule has 0 saturated heterocycles. The molecule has 7 nitrogen and oxygen atoms in total. The number of aliphatic carboxylic acids is 1. The number of carbonyl (C=O) groups excluding carboxylic acids is 1. The molecule has 2 atom stereocenters. The third-order valence-corrected chi connectivity index (χ3v) is 1.73. The Morgan fingerprint density at radius 1 is 1.60 bits per heavy atom. The Balaban J connectivity index is 0. The number of esters is 1. The van der Waals surface area contributed by atoms with E-state index in [4.69, 9.17) is 20.4 Å². The van der Waals surface area contributed by atoms with Crippen molar-refractivity contribution in [1.29, 1.82) is 0 Å². The molecule has 1 heterocycles. The van der Waals surface area contributed by atoms with Gasteiger partial charge in [0.05, 0.1) is 6.61 Å². The number of aliphatic hydroxyl groups is 3. The zero-order valence-corrected chi connectivity index (χ0v) is 9.88. The van der Waals surface area contributed by atoms with Gasteiger partial charge in [0.2, 0.25) is 5.76 Å². The molecule has 0 aromatic carbocycles. The van der Waals surface area contributed by atoms with Crippen molar-refractivity contribution in [2.75, 3.05) is 6.61 Å². The quantitative estimate of drug-likeness (QED) is 0.282. The Hall–Kier alpha value is -0.600. The molecular weight excluding hydrogens is 219 g/mol. The van der Waals surface area contributed by atoms with Crippen molar-refractivity contribution in [2.24, 2.45) is 0 Å². The molecule has 0 aromatic rings. The smallest absolute Gasteiger partial charge is 1.00 e. The average molecular weight is 228 g/mol. The van der Waals surface area contributed by atoms with E-state index in [1.807, 2.05) is 0 Å². The van der Waals surface area contributed by atoms with Gasteiger partial charge in [0.25, 0.3) is 0 Å². The minimum Gasteiger partial charge on any atom is -1.00 e. The molecule has 0 radical (unpaired) electrons. The van der Waals surface area contributed by atoms with Crippen molar-refractivity contribution < 1.29 is 65.7 Å². The first-order chi connectivity index (χ1) is 6.49. The van der Waals surface area contributed by atoms with Crippen molar-refractivity contribution >= 4 is 11.9 Å². The minimum atomic E-state index is -1.58. The maximum absolute atomic E-state index is 10.7. The predicted octanol–water partition coefficient (Wildman–Crippen LogP) is -4.72. The molecular formula is C7H9NaO7. The molecule has 0 amide bonds. The van der Waals surface area contributed by atoms with E-state index in [2.05, 4.69) is 4.74 Å². The van der Waals surface area contributed by atoms with E-state index in [0.717, 1.165) is 0 Å². The van der Waals surface area contributed by atoms with Gasteiger partial charge in [-0.1, -0.05) is 0 Å². The second-order valence-corrected chi connectivity index (χ2v) is 2.64. The molecule has 1 aliphatic rings. The molecule has 0 saturated carbocycles. The van der Waals surface area contributed by atoms with Crippen LogP contribution in [0.4, 0.5) is 0 Å². The molecule has 0 unspecified atom stereocenters. The van der Waals surface area contributed by atoms with Crippen LogP contribution in [-0.4, -0.2) is 51.2 Å². The third-order valence-electron chi connectivity index (χ3n) is 1.73. The molecule has 80 valence electrons. The van der Waals surface area contributed by atoms with Gasteiger partial charge >= 0.3 is 41.5 Å². The van der Waals surface area contributed by atoms with E-state index >= 15 is 0 Å². The molecule has 8 heteroatoms. The molecule has 0 bridgehead atoms. The van der Waals surface area contributed by atoms with Crippen LogP contribution in [-0.2, 0) is 14.3 Å². The maximum Gasteiger partial charge on any atom is 1.00 e. The van der Waals surface area contributed by atoms with Crippen LogP contribution in [0.15, 0.2) is 11.3 Å². The first-order valence-electron chi connectivity index (χ1n) is 3.65. The molecule has 4 N–H and O–H groups in total. The van der Waals surface area contributed by atoms with Gasteiger partial charge < -0.3 is 26.6 Å².